The van der Waals surface area contributed by atoms with E-state index in [1.54, 1.807) is 19.1 Å². The maximum Gasteiger partial charge on any atom is 0.183 e. The fourth-order valence-corrected chi connectivity index (χ4v) is 1.76. The lowest BCUT2D eigenvalue weighted by molar-refractivity contribution is 0.510. The molecule has 0 heterocycles. The number of hydrogen-bond donors (Lipinski definition) is 2. The van der Waals surface area contributed by atoms with Crippen LogP contribution in [0.5, 0.6) is 0 Å². The molecule has 3 N–H and O–H groups in total. The van der Waals surface area contributed by atoms with E-state index in [1.165, 1.54) is 18.2 Å². The Morgan fingerprint density at radius 1 is 1.00 bits per heavy atom. The van der Waals surface area contributed by atoms with Gasteiger partial charge in [0, 0.05) is 6.04 Å². The molecule has 0 saturated heterocycles. The van der Waals surface area contributed by atoms with E-state index >= 15 is 0 Å². The molecule has 0 amide bonds. The second kappa shape index (κ2) is 5.22. The predicted octanol–water partition coefficient (Wildman–Crippen LogP) is 3.86. The molecule has 1 atom stereocenters. The second-order valence-corrected chi connectivity index (χ2v) is 4.24. The molecule has 100 valence electrons. The van der Waals surface area contributed by atoms with Gasteiger partial charge in [0.15, 0.2) is 11.6 Å². The van der Waals surface area contributed by atoms with Crippen LogP contribution in [0.2, 0.25) is 0 Å². The molecule has 0 bridgehead atoms. The van der Waals surface area contributed by atoms with Crippen molar-refractivity contribution in [2.75, 3.05) is 11.1 Å². The summed E-state index contributed by atoms with van der Waals surface area (Å²) in [5.41, 5.74) is 6.38. The molecular formula is C14H13F3N2. The Morgan fingerprint density at radius 3 is 2.26 bits per heavy atom. The van der Waals surface area contributed by atoms with Gasteiger partial charge < -0.3 is 11.1 Å². The van der Waals surface area contributed by atoms with E-state index in [9.17, 15) is 13.2 Å². The monoisotopic (exact) mass is 266 g/mol. The Hall–Kier alpha value is -2.17. The SMILES string of the molecule is CC(Nc1c(N)ccc(F)c1F)c1ccc(F)cc1. The normalized spacial score (nSPS) is 12.2. The lowest BCUT2D eigenvalue weighted by Crippen LogP contribution is -2.11. The highest BCUT2D eigenvalue weighted by Gasteiger charge is 2.14. The van der Waals surface area contributed by atoms with Gasteiger partial charge >= 0.3 is 0 Å². The largest absolute Gasteiger partial charge is 0.397 e. The number of nitrogens with one attached hydrogen (secondary N) is 1. The zero-order valence-corrected chi connectivity index (χ0v) is 10.3. The highest BCUT2D eigenvalue weighted by Crippen LogP contribution is 2.28. The average molecular weight is 266 g/mol. The number of hydrogen-bond acceptors (Lipinski definition) is 2. The van der Waals surface area contributed by atoms with Crippen molar-refractivity contribution in [1.82, 2.24) is 0 Å². The summed E-state index contributed by atoms with van der Waals surface area (Å²) in [6.07, 6.45) is 0. The van der Waals surface area contributed by atoms with E-state index in [4.69, 9.17) is 5.73 Å². The van der Waals surface area contributed by atoms with Crippen LogP contribution in [0.3, 0.4) is 0 Å². The minimum atomic E-state index is -1.02. The van der Waals surface area contributed by atoms with Crippen LogP contribution in [0.15, 0.2) is 36.4 Å². The molecule has 5 heteroatoms. The number of benzene rings is 2. The summed E-state index contributed by atoms with van der Waals surface area (Å²) in [5, 5.41) is 2.79. The van der Waals surface area contributed by atoms with Crippen LogP contribution >= 0.6 is 0 Å². The van der Waals surface area contributed by atoms with Crippen LogP contribution in [0.4, 0.5) is 24.5 Å². The number of halogens is 3. The van der Waals surface area contributed by atoms with Crippen LogP contribution in [0.1, 0.15) is 18.5 Å². The second-order valence-electron chi connectivity index (χ2n) is 4.24. The summed E-state index contributed by atoms with van der Waals surface area (Å²) in [5.74, 6) is -2.34. The molecule has 0 aliphatic carbocycles. The molecule has 2 aromatic carbocycles. The Bertz CT molecular complexity index is 582. The van der Waals surface area contributed by atoms with E-state index < -0.39 is 11.6 Å². The molecule has 0 aliphatic rings. The first-order valence-corrected chi connectivity index (χ1v) is 5.74. The Morgan fingerprint density at radius 2 is 1.63 bits per heavy atom. The van der Waals surface area contributed by atoms with Gasteiger partial charge in [0.1, 0.15) is 5.82 Å². The van der Waals surface area contributed by atoms with Gasteiger partial charge in [-0.05, 0) is 36.8 Å². The fraction of sp³-hybridized carbons (Fsp3) is 0.143. The maximum absolute atomic E-state index is 13.6. The standard InChI is InChI=1S/C14H13F3N2/c1-8(9-2-4-10(15)5-3-9)19-14-12(18)7-6-11(16)13(14)17/h2-8,19H,18H2,1H3. The molecule has 0 saturated carbocycles. The summed E-state index contributed by atoms with van der Waals surface area (Å²) in [4.78, 5) is 0. The minimum absolute atomic E-state index is 0.0863. The van der Waals surface area contributed by atoms with Crippen LogP contribution in [-0.4, -0.2) is 0 Å². The number of nitrogen functional groups attached to an aromatic ring is 1. The molecule has 2 nitrogen and oxygen atoms in total. The summed E-state index contributed by atoms with van der Waals surface area (Å²) >= 11 is 0. The predicted molar refractivity (Wildman–Crippen MR) is 69.2 cm³/mol. The Kier molecular flexibility index (Phi) is 3.64. The molecule has 2 rings (SSSR count). The third-order valence-corrected chi connectivity index (χ3v) is 2.86. The zero-order valence-electron chi connectivity index (χ0n) is 10.3. The Balaban J connectivity index is 2.26. The van der Waals surface area contributed by atoms with Crippen molar-refractivity contribution in [2.45, 2.75) is 13.0 Å². The van der Waals surface area contributed by atoms with E-state index in [0.717, 1.165) is 11.6 Å². The van der Waals surface area contributed by atoms with Crippen LogP contribution < -0.4 is 11.1 Å². The van der Waals surface area contributed by atoms with Gasteiger partial charge in [0.05, 0.1) is 11.4 Å². The highest BCUT2D eigenvalue weighted by molar-refractivity contribution is 5.67. The molecule has 0 fully saturated rings. The summed E-state index contributed by atoms with van der Waals surface area (Å²) < 4.78 is 39.6. The van der Waals surface area contributed by atoms with Crippen molar-refractivity contribution in [3.05, 3.63) is 59.4 Å². The lowest BCUT2D eigenvalue weighted by Gasteiger charge is -2.18. The van der Waals surface area contributed by atoms with Gasteiger partial charge in [0.2, 0.25) is 0 Å². The lowest BCUT2D eigenvalue weighted by atomic mass is 10.1. The van der Waals surface area contributed by atoms with Gasteiger partial charge in [-0.3, -0.25) is 0 Å². The topological polar surface area (TPSA) is 38.0 Å². The molecule has 2 aromatic rings. The zero-order chi connectivity index (χ0) is 14.0. The first-order valence-electron chi connectivity index (χ1n) is 5.74. The quantitative estimate of drug-likeness (QED) is 0.828. The smallest absolute Gasteiger partial charge is 0.183 e. The van der Waals surface area contributed by atoms with Crippen molar-refractivity contribution in [2.24, 2.45) is 0 Å². The molecule has 1 unspecified atom stereocenters. The summed E-state index contributed by atoms with van der Waals surface area (Å²) in [6, 6.07) is 7.67. The number of rotatable bonds is 3. The van der Waals surface area contributed by atoms with Gasteiger partial charge in [-0.1, -0.05) is 12.1 Å². The van der Waals surface area contributed by atoms with Crippen molar-refractivity contribution >= 4 is 11.4 Å². The summed E-state index contributed by atoms with van der Waals surface area (Å²) in [7, 11) is 0. The van der Waals surface area contributed by atoms with Gasteiger partial charge in [0.25, 0.3) is 0 Å². The highest BCUT2D eigenvalue weighted by atomic mass is 19.2. The molecule has 0 aliphatic heterocycles. The van der Waals surface area contributed by atoms with Crippen molar-refractivity contribution < 1.29 is 13.2 Å². The van der Waals surface area contributed by atoms with Crippen molar-refractivity contribution in [3.63, 3.8) is 0 Å². The van der Waals surface area contributed by atoms with Crippen molar-refractivity contribution in [1.29, 1.82) is 0 Å². The fourth-order valence-electron chi connectivity index (χ4n) is 1.76. The van der Waals surface area contributed by atoms with E-state index in [2.05, 4.69) is 5.32 Å². The third-order valence-electron chi connectivity index (χ3n) is 2.86. The molecule has 19 heavy (non-hydrogen) atoms. The minimum Gasteiger partial charge on any atom is -0.397 e. The maximum atomic E-state index is 13.6. The number of nitrogens with two attached hydrogens (primary N) is 1. The molecule has 0 radical (unpaired) electrons. The van der Waals surface area contributed by atoms with Crippen LogP contribution in [0, 0.1) is 17.5 Å². The van der Waals surface area contributed by atoms with E-state index in [1.807, 2.05) is 0 Å². The van der Waals surface area contributed by atoms with Gasteiger partial charge in [-0.25, -0.2) is 13.2 Å². The van der Waals surface area contributed by atoms with E-state index in [-0.39, 0.29) is 23.2 Å². The number of anilines is 2. The van der Waals surface area contributed by atoms with E-state index in [0.29, 0.717) is 0 Å². The summed E-state index contributed by atoms with van der Waals surface area (Å²) in [6.45, 7) is 1.75. The van der Waals surface area contributed by atoms with Crippen LogP contribution in [0.25, 0.3) is 0 Å². The average Bonchev–Trinajstić information content (AvgIpc) is 2.40. The first kappa shape index (κ1) is 13.3. The van der Waals surface area contributed by atoms with Gasteiger partial charge in [-0.2, -0.15) is 0 Å². The van der Waals surface area contributed by atoms with Crippen molar-refractivity contribution in [3.8, 4) is 0 Å². The Labute approximate surface area is 109 Å². The molecular weight excluding hydrogens is 253 g/mol. The van der Waals surface area contributed by atoms with Gasteiger partial charge in [-0.15, -0.1) is 0 Å². The third kappa shape index (κ3) is 2.81. The first-order chi connectivity index (χ1) is 8.99. The molecule has 0 spiro atoms. The van der Waals surface area contributed by atoms with Crippen LogP contribution in [-0.2, 0) is 0 Å². The molecule has 0 aromatic heterocycles.